The van der Waals surface area contributed by atoms with Crippen molar-refractivity contribution in [1.29, 1.82) is 0 Å². The van der Waals surface area contributed by atoms with E-state index in [2.05, 4.69) is 63.9 Å². The van der Waals surface area contributed by atoms with Crippen molar-refractivity contribution in [2.45, 2.75) is 25.1 Å². The fraction of sp³-hybridized carbons (Fsp3) is 0.250. The van der Waals surface area contributed by atoms with E-state index < -0.39 is 0 Å². The van der Waals surface area contributed by atoms with Crippen molar-refractivity contribution in [3.8, 4) is 11.5 Å². The number of hydrogen-bond acceptors (Lipinski definition) is 1. The van der Waals surface area contributed by atoms with E-state index in [0.29, 0.717) is 5.92 Å². The zero-order chi connectivity index (χ0) is 13.8. The van der Waals surface area contributed by atoms with Gasteiger partial charge in [0.05, 0.1) is 4.47 Å². The SMILES string of the molecule is CC(C)c1ccccc1Oc1ccc(CBr)cc1Br. The molecule has 0 spiro atoms. The lowest BCUT2D eigenvalue weighted by molar-refractivity contribution is 0.470. The van der Waals surface area contributed by atoms with Gasteiger partial charge in [-0.2, -0.15) is 0 Å². The van der Waals surface area contributed by atoms with Gasteiger partial charge in [0.25, 0.3) is 0 Å². The van der Waals surface area contributed by atoms with Crippen LogP contribution in [0.25, 0.3) is 0 Å². The Kier molecular flexibility index (Phi) is 5.06. The quantitative estimate of drug-likeness (QED) is 0.566. The molecule has 0 atom stereocenters. The van der Waals surface area contributed by atoms with Crippen molar-refractivity contribution in [1.82, 2.24) is 0 Å². The van der Waals surface area contributed by atoms with Gasteiger partial charge in [-0.3, -0.25) is 0 Å². The summed E-state index contributed by atoms with van der Waals surface area (Å²) in [6.07, 6.45) is 0. The maximum atomic E-state index is 6.04. The first-order valence-corrected chi connectivity index (χ1v) is 8.14. The summed E-state index contributed by atoms with van der Waals surface area (Å²) in [6.45, 7) is 4.34. The molecule has 3 heteroatoms. The molecule has 0 aliphatic heterocycles. The number of benzene rings is 2. The van der Waals surface area contributed by atoms with Crippen LogP contribution in [0.3, 0.4) is 0 Å². The monoisotopic (exact) mass is 382 g/mol. The second-order valence-corrected chi connectivity index (χ2v) is 6.11. The van der Waals surface area contributed by atoms with Crippen LogP contribution in [-0.4, -0.2) is 0 Å². The standard InChI is InChI=1S/C16H16Br2O/c1-11(2)13-5-3-4-6-15(13)19-16-8-7-12(10-17)9-14(16)18/h3-9,11H,10H2,1-2H3. The lowest BCUT2D eigenvalue weighted by Crippen LogP contribution is -1.94. The molecule has 2 rings (SSSR count). The van der Waals surface area contributed by atoms with Crippen molar-refractivity contribution in [3.05, 3.63) is 58.1 Å². The minimum Gasteiger partial charge on any atom is -0.456 e. The first-order valence-electron chi connectivity index (χ1n) is 6.23. The number of ether oxygens (including phenoxy) is 1. The number of alkyl halides is 1. The maximum Gasteiger partial charge on any atom is 0.141 e. The highest BCUT2D eigenvalue weighted by molar-refractivity contribution is 9.10. The van der Waals surface area contributed by atoms with Gasteiger partial charge in [0.2, 0.25) is 0 Å². The number of hydrogen-bond donors (Lipinski definition) is 0. The van der Waals surface area contributed by atoms with Crippen LogP contribution in [-0.2, 0) is 5.33 Å². The zero-order valence-electron chi connectivity index (χ0n) is 11.0. The fourth-order valence-corrected chi connectivity index (χ4v) is 2.74. The van der Waals surface area contributed by atoms with Gasteiger partial charge in [-0.15, -0.1) is 0 Å². The molecule has 0 unspecified atom stereocenters. The van der Waals surface area contributed by atoms with Gasteiger partial charge in [0.15, 0.2) is 0 Å². The summed E-state index contributed by atoms with van der Waals surface area (Å²) in [5.74, 6) is 2.21. The van der Waals surface area contributed by atoms with E-state index in [0.717, 1.165) is 21.3 Å². The van der Waals surface area contributed by atoms with Crippen molar-refractivity contribution in [2.24, 2.45) is 0 Å². The molecule has 0 saturated carbocycles. The molecular formula is C16H16Br2O. The Balaban J connectivity index is 2.31. The number of rotatable bonds is 4. The Hall–Kier alpha value is -0.800. The van der Waals surface area contributed by atoms with Crippen molar-refractivity contribution >= 4 is 31.9 Å². The predicted octanol–water partition coefficient (Wildman–Crippen LogP) is 6.26. The molecule has 0 N–H and O–H groups in total. The number of halogens is 2. The van der Waals surface area contributed by atoms with Crippen LogP contribution in [0.2, 0.25) is 0 Å². The zero-order valence-corrected chi connectivity index (χ0v) is 14.2. The summed E-state index contributed by atoms with van der Waals surface area (Å²) in [5.41, 5.74) is 2.44. The minimum atomic E-state index is 0.441. The van der Waals surface area contributed by atoms with E-state index >= 15 is 0 Å². The maximum absolute atomic E-state index is 6.04. The molecule has 100 valence electrons. The fourth-order valence-electron chi connectivity index (χ4n) is 1.88. The third kappa shape index (κ3) is 3.61. The van der Waals surface area contributed by atoms with E-state index in [1.165, 1.54) is 11.1 Å². The summed E-state index contributed by atoms with van der Waals surface area (Å²) in [5, 5.41) is 0.842. The second kappa shape index (κ2) is 6.58. The van der Waals surface area contributed by atoms with Crippen LogP contribution >= 0.6 is 31.9 Å². The van der Waals surface area contributed by atoms with E-state index in [4.69, 9.17) is 4.74 Å². The minimum absolute atomic E-state index is 0.441. The molecule has 0 amide bonds. The topological polar surface area (TPSA) is 9.23 Å². The smallest absolute Gasteiger partial charge is 0.141 e. The van der Waals surface area contributed by atoms with Crippen LogP contribution in [0, 0.1) is 0 Å². The average Bonchev–Trinajstić information content (AvgIpc) is 2.41. The molecular weight excluding hydrogens is 368 g/mol. The molecule has 0 heterocycles. The Morgan fingerprint density at radius 1 is 1.05 bits per heavy atom. The summed E-state index contributed by atoms with van der Waals surface area (Å²) in [6, 6.07) is 14.3. The third-order valence-electron chi connectivity index (χ3n) is 2.91. The molecule has 19 heavy (non-hydrogen) atoms. The van der Waals surface area contributed by atoms with Gasteiger partial charge in [-0.1, -0.05) is 54.0 Å². The molecule has 0 bridgehead atoms. The highest BCUT2D eigenvalue weighted by Gasteiger charge is 2.09. The first-order chi connectivity index (χ1) is 9.11. The third-order valence-corrected chi connectivity index (χ3v) is 4.18. The van der Waals surface area contributed by atoms with Crippen LogP contribution in [0.4, 0.5) is 0 Å². The molecule has 2 aromatic carbocycles. The summed E-state index contributed by atoms with van der Waals surface area (Å²) in [4.78, 5) is 0. The van der Waals surface area contributed by atoms with Gasteiger partial charge < -0.3 is 4.74 Å². The largest absolute Gasteiger partial charge is 0.456 e. The molecule has 2 aromatic rings. The van der Waals surface area contributed by atoms with E-state index in [9.17, 15) is 0 Å². The van der Waals surface area contributed by atoms with E-state index in [1.807, 2.05) is 24.3 Å². The molecule has 1 nitrogen and oxygen atoms in total. The second-order valence-electron chi connectivity index (χ2n) is 4.69. The predicted molar refractivity (Wildman–Crippen MR) is 87.4 cm³/mol. The average molecular weight is 384 g/mol. The lowest BCUT2D eigenvalue weighted by Gasteiger charge is -2.14. The van der Waals surface area contributed by atoms with E-state index in [-0.39, 0.29) is 0 Å². The van der Waals surface area contributed by atoms with Crippen LogP contribution in [0.15, 0.2) is 46.9 Å². The van der Waals surface area contributed by atoms with Crippen molar-refractivity contribution < 1.29 is 4.74 Å². The Morgan fingerprint density at radius 2 is 1.79 bits per heavy atom. The Morgan fingerprint density at radius 3 is 2.42 bits per heavy atom. The lowest BCUT2D eigenvalue weighted by atomic mass is 10.0. The molecule has 0 fully saturated rings. The van der Waals surface area contributed by atoms with Crippen molar-refractivity contribution in [2.75, 3.05) is 0 Å². The van der Waals surface area contributed by atoms with Crippen LogP contribution < -0.4 is 4.74 Å². The van der Waals surface area contributed by atoms with Gasteiger partial charge >= 0.3 is 0 Å². The van der Waals surface area contributed by atoms with Gasteiger partial charge in [0, 0.05) is 5.33 Å². The van der Waals surface area contributed by atoms with Gasteiger partial charge in [-0.05, 0) is 51.2 Å². The highest BCUT2D eigenvalue weighted by atomic mass is 79.9. The first kappa shape index (κ1) is 14.6. The van der Waals surface area contributed by atoms with Crippen molar-refractivity contribution in [3.63, 3.8) is 0 Å². The van der Waals surface area contributed by atoms with Crippen LogP contribution in [0.5, 0.6) is 11.5 Å². The summed E-state index contributed by atoms with van der Waals surface area (Å²) >= 11 is 7.01. The Labute approximate surface area is 131 Å². The van der Waals surface area contributed by atoms with Gasteiger partial charge in [-0.25, -0.2) is 0 Å². The summed E-state index contributed by atoms with van der Waals surface area (Å²) < 4.78 is 7.01. The molecule has 0 aliphatic rings. The molecule has 0 aliphatic carbocycles. The number of para-hydroxylation sites is 1. The molecule has 0 saturated heterocycles. The summed E-state index contributed by atoms with van der Waals surface area (Å²) in [7, 11) is 0. The van der Waals surface area contributed by atoms with E-state index in [1.54, 1.807) is 0 Å². The highest BCUT2D eigenvalue weighted by Crippen LogP contribution is 2.34. The normalized spacial score (nSPS) is 10.8. The Bertz CT molecular complexity index is 564. The van der Waals surface area contributed by atoms with Gasteiger partial charge in [0.1, 0.15) is 11.5 Å². The molecule has 0 aromatic heterocycles. The van der Waals surface area contributed by atoms with Crippen LogP contribution in [0.1, 0.15) is 30.9 Å². The molecule has 0 radical (unpaired) electrons.